The molecule has 0 saturated heterocycles. The van der Waals surface area contributed by atoms with Crippen LogP contribution in [0, 0.1) is 0 Å². The lowest BCUT2D eigenvalue weighted by Gasteiger charge is -2.25. The average Bonchev–Trinajstić information content (AvgIpc) is 3.03. The summed E-state index contributed by atoms with van der Waals surface area (Å²) in [5.41, 5.74) is 2.57. The van der Waals surface area contributed by atoms with Crippen molar-refractivity contribution in [3.05, 3.63) is 60.3 Å². The standard InChI is InChI=1S/C19H17N3O3/c23-18(9-12-10-20-14-6-2-1-5-13(12)14)21-11-17-19(24)22-15-7-3-4-8-16(15)25-17/h1-8,10,17,20H,9,11H2,(H,21,23)(H,22,24). The van der Waals surface area contributed by atoms with Gasteiger partial charge in [-0.25, -0.2) is 0 Å². The number of rotatable bonds is 4. The van der Waals surface area contributed by atoms with Crippen LogP contribution in [0.2, 0.25) is 0 Å². The first-order valence-corrected chi connectivity index (χ1v) is 8.09. The fraction of sp³-hybridized carbons (Fsp3) is 0.158. The van der Waals surface area contributed by atoms with Crippen LogP contribution in [0.1, 0.15) is 5.56 Å². The van der Waals surface area contributed by atoms with E-state index in [-0.39, 0.29) is 24.8 Å². The largest absolute Gasteiger partial charge is 0.477 e. The Kier molecular flexibility index (Phi) is 3.85. The first-order chi connectivity index (χ1) is 12.2. The van der Waals surface area contributed by atoms with Gasteiger partial charge in [0, 0.05) is 17.1 Å². The molecule has 0 bridgehead atoms. The van der Waals surface area contributed by atoms with Crippen molar-refractivity contribution < 1.29 is 14.3 Å². The van der Waals surface area contributed by atoms with E-state index < -0.39 is 6.10 Å². The summed E-state index contributed by atoms with van der Waals surface area (Å²) in [5.74, 6) is 0.198. The number of hydrogen-bond acceptors (Lipinski definition) is 3. The van der Waals surface area contributed by atoms with Crippen LogP contribution in [0.4, 0.5) is 5.69 Å². The molecule has 3 N–H and O–H groups in total. The highest BCUT2D eigenvalue weighted by Crippen LogP contribution is 2.28. The molecule has 2 aromatic carbocycles. The van der Waals surface area contributed by atoms with Crippen LogP contribution >= 0.6 is 0 Å². The number of carbonyl (C=O) groups is 2. The van der Waals surface area contributed by atoms with Crippen molar-refractivity contribution in [2.45, 2.75) is 12.5 Å². The number of amides is 2. The lowest BCUT2D eigenvalue weighted by Crippen LogP contribution is -2.45. The van der Waals surface area contributed by atoms with E-state index in [9.17, 15) is 9.59 Å². The highest BCUT2D eigenvalue weighted by Gasteiger charge is 2.27. The van der Waals surface area contributed by atoms with Gasteiger partial charge < -0.3 is 20.4 Å². The molecule has 1 atom stereocenters. The van der Waals surface area contributed by atoms with Crippen LogP contribution < -0.4 is 15.4 Å². The van der Waals surface area contributed by atoms with Crippen molar-refractivity contribution in [1.82, 2.24) is 10.3 Å². The first kappa shape index (κ1) is 15.3. The van der Waals surface area contributed by atoms with Gasteiger partial charge in [-0.05, 0) is 23.8 Å². The van der Waals surface area contributed by atoms with Gasteiger partial charge in [0.25, 0.3) is 5.91 Å². The maximum atomic E-state index is 12.2. The van der Waals surface area contributed by atoms with Gasteiger partial charge in [-0.15, -0.1) is 0 Å². The summed E-state index contributed by atoms with van der Waals surface area (Å²) in [7, 11) is 0. The third kappa shape index (κ3) is 3.06. The Morgan fingerprint density at radius 1 is 1.12 bits per heavy atom. The summed E-state index contributed by atoms with van der Waals surface area (Å²) >= 11 is 0. The Morgan fingerprint density at radius 2 is 1.92 bits per heavy atom. The van der Waals surface area contributed by atoms with Crippen LogP contribution in [-0.2, 0) is 16.0 Å². The van der Waals surface area contributed by atoms with Crippen LogP contribution in [0.15, 0.2) is 54.7 Å². The minimum absolute atomic E-state index is 0.126. The summed E-state index contributed by atoms with van der Waals surface area (Å²) in [4.78, 5) is 27.5. The second-order valence-electron chi connectivity index (χ2n) is 5.93. The number of anilines is 1. The predicted molar refractivity (Wildman–Crippen MR) is 94.5 cm³/mol. The van der Waals surface area contributed by atoms with Crippen molar-refractivity contribution in [3.63, 3.8) is 0 Å². The van der Waals surface area contributed by atoms with Crippen molar-refractivity contribution in [3.8, 4) is 5.75 Å². The number of hydrogen-bond donors (Lipinski definition) is 3. The summed E-state index contributed by atoms with van der Waals surface area (Å²) < 4.78 is 5.67. The molecule has 4 rings (SSSR count). The molecule has 0 fully saturated rings. The molecule has 1 aliphatic heterocycles. The summed E-state index contributed by atoms with van der Waals surface area (Å²) in [6, 6.07) is 15.1. The minimum atomic E-state index is -0.734. The molecule has 2 amide bonds. The summed E-state index contributed by atoms with van der Waals surface area (Å²) in [6.45, 7) is 0.126. The second-order valence-corrected chi connectivity index (χ2v) is 5.93. The van der Waals surface area contributed by atoms with Gasteiger partial charge >= 0.3 is 0 Å². The average molecular weight is 335 g/mol. The topological polar surface area (TPSA) is 83.2 Å². The monoisotopic (exact) mass is 335 g/mol. The van der Waals surface area contributed by atoms with Crippen LogP contribution in [0.25, 0.3) is 10.9 Å². The van der Waals surface area contributed by atoms with Crippen molar-refractivity contribution in [2.75, 3.05) is 11.9 Å². The smallest absolute Gasteiger partial charge is 0.267 e. The van der Waals surface area contributed by atoms with E-state index in [0.29, 0.717) is 11.4 Å². The third-order valence-corrected chi connectivity index (χ3v) is 4.22. The molecule has 1 unspecified atom stereocenters. The molecule has 0 aliphatic carbocycles. The Balaban J connectivity index is 1.38. The Hall–Kier alpha value is -3.28. The third-order valence-electron chi connectivity index (χ3n) is 4.22. The number of H-pyrrole nitrogens is 1. The van der Waals surface area contributed by atoms with E-state index in [1.165, 1.54) is 0 Å². The van der Waals surface area contributed by atoms with E-state index >= 15 is 0 Å². The fourth-order valence-corrected chi connectivity index (χ4v) is 2.95. The number of benzene rings is 2. The number of para-hydroxylation sites is 3. The molecular weight excluding hydrogens is 318 g/mol. The second kappa shape index (κ2) is 6.32. The molecule has 6 heteroatoms. The molecule has 126 valence electrons. The Bertz CT molecular complexity index is 948. The van der Waals surface area contributed by atoms with Gasteiger partial charge in [0.15, 0.2) is 6.10 Å². The number of aromatic amines is 1. The first-order valence-electron chi connectivity index (χ1n) is 8.09. The van der Waals surface area contributed by atoms with Gasteiger partial charge in [0.05, 0.1) is 18.7 Å². The van der Waals surface area contributed by atoms with Gasteiger partial charge in [-0.2, -0.15) is 0 Å². The lowest BCUT2D eigenvalue weighted by molar-refractivity contribution is -0.124. The fourth-order valence-electron chi connectivity index (χ4n) is 2.95. The number of nitrogens with one attached hydrogen (secondary N) is 3. The summed E-state index contributed by atoms with van der Waals surface area (Å²) in [6.07, 6.45) is 1.35. The maximum absolute atomic E-state index is 12.2. The molecule has 6 nitrogen and oxygen atoms in total. The summed E-state index contributed by atoms with van der Waals surface area (Å²) in [5, 5.41) is 6.59. The molecule has 2 heterocycles. The molecule has 0 radical (unpaired) electrons. The predicted octanol–water partition coefficient (Wildman–Crippen LogP) is 2.23. The quantitative estimate of drug-likeness (QED) is 0.684. The van der Waals surface area contributed by atoms with E-state index in [0.717, 1.165) is 16.5 Å². The van der Waals surface area contributed by atoms with Crippen molar-refractivity contribution in [2.24, 2.45) is 0 Å². The number of carbonyl (C=O) groups excluding carboxylic acids is 2. The van der Waals surface area contributed by atoms with E-state index in [1.807, 2.05) is 42.6 Å². The van der Waals surface area contributed by atoms with E-state index in [4.69, 9.17) is 4.74 Å². The van der Waals surface area contributed by atoms with Crippen molar-refractivity contribution in [1.29, 1.82) is 0 Å². The zero-order valence-electron chi connectivity index (χ0n) is 13.4. The molecule has 25 heavy (non-hydrogen) atoms. The number of aromatic nitrogens is 1. The molecule has 1 aliphatic rings. The number of fused-ring (bicyclic) bond motifs is 2. The zero-order chi connectivity index (χ0) is 17.2. The Morgan fingerprint density at radius 3 is 2.84 bits per heavy atom. The highest BCUT2D eigenvalue weighted by atomic mass is 16.5. The van der Waals surface area contributed by atoms with Gasteiger partial charge in [0.1, 0.15) is 5.75 Å². The highest BCUT2D eigenvalue weighted by molar-refractivity contribution is 5.98. The van der Waals surface area contributed by atoms with Crippen LogP contribution in [-0.4, -0.2) is 29.4 Å². The van der Waals surface area contributed by atoms with Crippen LogP contribution in [0.3, 0.4) is 0 Å². The number of ether oxygens (including phenoxy) is 1. The maximum Gasteiger partial charge on any atom is 0.267 e. The van der Waals surface area contributed by atoms with E-state index in [2.05, 4.69) is 15.6 Å². The van der Waals surface area contributed by atoms with E-state index in [1.54, 1.807) is 12.1 Å². The SMILES string of the molecule is O=C(Cc1c[nH]c2ccccc12)NCC1Oc2ccccc2NC1=O. The normalized spacial score (nSPS) is 16.0. The van der Waals surface area contributed by atoms with Gasteiger partial charge in [0.2, 0.25) is 5.91 Å². The molecule has 3 aromatic rings. The minimum Gasteiger partial charge on any atom is -0.477 e. The van der Waals surface area contributed by atoms with Gasteiger partial charge in [-0.3, -0.25) is 9.59 Å². The molecule has 0 spiro atoms. The van der Waals surface area contributed by atoms with Crippen molar-refractivity contribution >= 4 is 28.4 Å². The molecule has 1 aromatic heterocycles. The van der Waals surface area contributed by atoms with Gasteiger partial charge in [-0.1, -0.05) is 30.3 Å². The molecule has 0 saturated carbocycles. The zero-order valence-corrected chi connectivity index (χ0v) is 13.4. The molecular formula is C19H17N3O3. The Labute approximate surface area is 144 Å². The lowest BCUT2D eigenvalue weighted by atomic mass is 10.1. The van der Waals surface area contributed by atoms with Crippen LogP contribution in [0.5, 0.6) is 5.75 Å².